The summed E-state index contributed by atoms with van der Waals surface area (Å²) in [5.41, 5.74) is 1.90. The monoisotopic (exact) mass is 465 g/mol. The second-order valence-electron chi connectivity index (χ2n) is 8.12. The summed E-state index contributed by atoms with van der Waals surface area (Å²) in [6.45, 7) is 1.30. The number of hydrogen-bond donors (Lipinski definition) is 3. The SMILES string of the molecule is Cc1nc2c(OCc3c(F)cccc3F)cccn2c1C(=O)N[C@@H]1c2ccccc2[C@@H](O)[C@H]1O. The molecule has 0 bridgehead atoms. The Balaban J connectivity index is 1.44. The van der Waals surface area contributed by atoms with Gasteiger partial charge in [0.2, 0.25) is 0 Å². The zero-order valence-electron chi connectivity index (χ0n) is 18.1. The summed E-state index contributed by atoms with van der Waals surface area (Å²) in [5, 5.41) is 23.6. The zero-order chi connectivity index (χ0) is 24.0. The van der Waals surface area contributed by atoms with Gasteiger partial charge < -0.3 is 20.3 Å². The molecule has 1 amide bonds. The first-order valence-electron chi connectivity index (χ1n) is 10.7. The van der Waals surface area contributed by atoms with Crippen molar-refractivity contribution in [1.82, 2.24) is 14.7 Å². The first kappa shape index (κ1) is 22.0. The smallest absolute Gasteiger partial charge is 0.270 e. The average Bonchev–Trinajstić information content (AvgIpc) is 3.28. The molecule has 2 aromatic heterocycles. The Morgan fingerprint density at radius 2 is 1.76 bits per heavy atom. The number of amides is 1. The zero-order valence-corrected chi connectivity index (χ0v) is 18.1. The number of ether oxygens (including phenoxy) is 1. The van der Waals surface area contributed by atoms with Crippen molar-refractivity contribution in [3.8, 4) is 5.75 Å². The summed E-state index contributed by atoms with van der Waals surface area (Å²) in [6.07, 6.45) is -0.687. The van der Waals surface area contributed by atoms with Crippen LogP contribution in [-0.2, 0) is 6.61 Å². The number of hydrogen-bond acceptors (Lipinski definition) is 5. The largest absolute Gasteiger partial charge is 0.485 e. The van der Waals surface area contributed by atoms with Crippen LogP contribution in [0.25, 0.3) is 5.65 Å². The van der Waals surface area contributed by atoms with Crippen LogP contribution >= 0.6 is 0 Å². The van der Waals surface area contributed by atoms with Crippen LogP contribution in [0.3, 0.4) is 0 Å². The van der Waals surface area contributed by atoms with Crippen molar-refractivity contribution in [1.29, 1.82) is 0 Å². The maximum absolute atomic E-state index is 14.0. The molecule has 3 atom stereocenters. The van der Waals surface area contributed by atoms with E-state index in [1.807, 2.05) is 0 Å². The molecule has 0 unspecified atom stereocenters. The lowest BCUT2D eigenvalue weighted by molar-refractivity contribution is 0.0107. The predicted molar refractivity (Wildman–Crippen MR) is 118 cm³/mol. The van der Waals surface area contributed by atoms with E-state index in [-0.39, 0.29) is 23.6 Å². The Morgan fingerprint density at radius 3 is 2.50 bits per heavy atom. The third-order valence-corrected chi connectivity index (χ3v) is 6.04. The molecule has 4 aromatic rings. The molecule has 2 heterocycles. The van der Waals surface area contributed by atoms with E-state index in [0.29, 0.717) is 22.5 Å². The van der Waals surface area contributed by atoms with E-state index in [0.717, 1.165) is 12.1 Å². The van der Waals surface area contributed by atoms with Crippen LogP contribution in [-0.4, -0.2) is 31.6 Å². The molecular weight excluding hydrogens is 444 g/mol. The fourth-order valence-corrected chi connectivity index (χ4v) is 4.35. The lowest BCUT2D eigenvalue weighted by Crippen LogP contribution is -2.35. The number of aliphatic hydroxyl groups is 2. The highest BCUT2D eigenvalue weighted by atomic mass is 19.1. The molecule has 0 saturated carbocycles. The number of rotatable bonds is 5. The van der Waals surface area contributed by atoms with Gasteiger partial charge >= 0.3 is 0 Å². The number of imidazole rings is 1. The van der Waals surface area contributed by atoms with E-state index >= 15 is 0 Å². The van der Waals surface area contributed by atoms with Crippen LogP contribution in [0.2, 0.25) is 0 Å². The molecule has 174 valence electrons. The van der Waals surface area contributed by atoms with Crippen LogP contribution in [0.1, 0.15) is 45.0 Å². The topological polar surface area (TPSA) is 96.1 Å². The highest BCUT2D eigenvalue weighted by molar-refractivity contribution is 5.95. The molecule has 2 aromatic carbocycles. The number of fused-ring (bicyclic) bond motifs is 2. The van der Waals surface area contributed by atoms with Gasteiger partial charge in [0, 0.05) is 6.20 Å². The molecule has 0 fully saturated rings. The Bertz CT molecular complexity index is 1380. The van der Waals surface area contributed by atoms with Gasteiger partial charge in [0.25, 0.3) is 5.91 Å². The number of carbonyl (C=O) groups is 1. The molecule has 0 radical (unpaired) electrons. The van der Waals surface area contributed by atoms with Crippen molar-refractivity contribution in [2.45, 2.75) is 31.8 Å². The van der Waals surface area contributed by atoms with Crippen LogP contribution in [0.4, 0.5) is 8.78 Å². The quantitative estimate of drug-likeness (QED) is 0.420. The maximum atomic E-state index is 14.0. The number of aliphatic hydroxyl groups excluding tert-OH is 2. The summed E-state index contributed by atoms with van der Waals surface area (Å²) in [4.78, 5) is 17.7. The summed E-state index contributed by atoms with van der Waals surface area (Å²) in [7, 11) is 0. The van der Waals surface area contributed by atoms with Crippen LogP contribution in [0.15, 0.2) is 60.8 Å². The second kappa shape index (κ2) is 8.51. The van der Waals surface area contributed by atoms with Gasteiger partial charge in [0.1, 0.15) is 36.1 Å². The number of halogens is 2. The molecule has 34 heavy (non-hydrogen) atoms. The molecular formula is C25H21F2N3O4. The van der Waals surface area contributed by atoms with E-state index in [1.165, 1.54) is 10.5 Å². The Labute approximate surface area is 193 Å². The molecule has 1 aliphatic carbocycles. The van der Waals surface area contributed by atoms with Crippen molar-refractivity contribution in [2.75, 3.05) is 0 Å². The predicted octanol–water partition coefficient (Wildman–Crippen LogP) is 3.38. The van der Waals surface area contributed by atoms with Crippen molar-refractivity contribution >= 4 is 11.6 Å². The number of aryl methyl sites for hydroxylation is 1. The lowest BCUT2D eigenvalue weighted by atomic mass is 10.1. The first-order chi connectivity index (χ1) is 16.4. The highest BCUT2D eigenvalue weighted by Gasteiger charge is 2.39. The molecule has 1 aliphatic rings. The number of aromatic nitrogens is 2. The van der Waals surface area contributed by atoms with Crippen LogP contribution in [0, 0.1) is 18.6 Å². The number of pyridine rings is 1. The van der Waals surface area contributed by atoms with Gasteiger partial charge in [0.05, 0.1) is 17.3 Å². The Morgan fingerprint density at radius 1 is 1.06 bits per heavy atom. The van der Waals surface area contributed by atoms with Gasteiger partial charge in [-0.15, -0.1) is 0 Å². The van der Waals surface area contributed by atoms with E-state index in [1.54, 1.807) is 49.5 Å². The third-order valence-electron chi connectivity index (χ3n) is 6.04. The minimum atomic E-state index is -1.20. The minimum absolute atomic E-state index is 0.210. The standard InChI is InChI=1S/C25H21F2N3O4/c1-13-21(25(33)29-20-14-6-2-3-7-15(14)22(31)23(20)32)30-11-5-10-19(24(30)28-13)34-12-16-17(26)8-4-9-18(16)27/h2-11,20,22-23,31-32H,12H2,1H3,(H,29,33)/t20-,22-,23+/m1/s1. The van der Waals surface area contributed by atoms with E-state index < -0.39 is 35.8 Å². The highest BCUT2D eigenvalue weighted by Crippen LogP contribution is 2.39. The molecule has 5 rings (SSSR count). The number of carbonyl (C=O) groups excluding carboxylic acids is 1. The molecule has 9 heteroatoms. The van der Waals surface area contributed by atoms with Gasteiger partial charge in [-0.1, -0.05) is 30.3 Å². The van der Waals surface area contributed by atoms with E-state index in [4.69, 9.17) is 4.74 Å². The number of nitrogens with zero attached hydrogens (tertiary/aromatic N) is 2. The lowest BCUT2D eigenvalue weighted by Gasteiger charge is -2.19. The van der Waals surface area contributed by atoms with Gasteiger partial charge in [-0.3, -0.25) is 9.20 Å². The van der Waals surface area contributed by atoms with Gasteiger partial charge in [-0.05, 0) is 42.3 Å². The fourth-order valence-electron chi connectivity index (χ4n) is 4.35. The normalized spacial score (nSPS) is 19.3. The first-order valence-corrected chi connectivity index (χ1v) is 10.7. The van der Waals surface area contributed by atoms with Crippen molar-refractivity contribution < 1.29 is 28.5 Å². The van der Waals surface area contributed by atoms with Crippen molar-refractivity contribution in [3.05, 3.63) is 101 Å². The minimum Gasteiger partial charge on any atom is -0.485 e. The average molecular weight is 465 g/mol. The molecule has 0 spiro atoms. The molecule has 0 saturated heterocycles. The van der Waals surface area contributed by atoms with E-state index in [9.17, 15) is 23.8 Å². The number of benzene rings is 2. The summed E-state index contributed by atoms with van der Waals surface area (Å²) < 4.78 is 35.1. The second-order valence-corrected chi connectivity index (χ2v) is 8.12. The maximum Gasteiger partial charge on any atom is 0.270 e. The van der Waals surface area contributed by atoms with Crippen molar-refractivity contribution in [2.24, 2.45) is 0 Å². The molecule has 0 aliphatic heterocycles. The van der Waals surface area contributed by atoms with Crippen LogP contribution in [0.5, 0.6) is 5.75 Å². The van der Waals surface area contributed by atoms with Gasteiger partial charge in [0.15, 0.2) is 11.4 Å². The van der Waals surface area contributed by atoms with E-state index in [2.05, 4.69) is 10.3 Å². The summed E-state index contributed by atoms with van der Waals surface area (Å²) in [6, 6.07) is 13.0. The van der Waals surface area contributed by atoms with Gasteiger partial charge in [-0.25, -0.2) is 13.8 Å². The summed E-state index contributed by atoms with van der Waals surface area (Å²) >= 11 is 0. The van der Waals surface area contributed by atoms with Crippen molar-refractivity contribution in [3.63, 3.8) is 0 Å². The molecule has 7 nitrogen and oxygen atoms in total. The Kier molecular flexibility index (Phi) is 5.51. The fraction of sp³-hybridized carbons (Fsp3) is 0.200. The molecule has 3 N–H and O–H groups in total. The third kappa shape index (κ3) is 3.59. The van der Waals surface area contributed by atoms with Gasteiger partial charge in [-0.2, -0.15) is 0 Å². The van der Waals surface area contributed by atoms with Crippen LogP contribution < -0.4 is 10.1 Å². The number of nitrogens with one attached hydrogen (secondary N) is 1. The summed E-state index contributed by atoms with van der Waals surface area (Å²) in [5.74, 6) is -1.70. The Hall–Kier alpha value is -3.82.